The molecule has 0 radical (unpaired) electrons. The molecular weight excluding hydrogens is 236 g/mol. The zero-order valence-corrected chi connectivity index (χ0v) is 10.7. The smallest absolute Gasteiger partial charge is 0.273 e. The Morgan fingerprint density at radius 2 is 2.00 bits per heavy atom. The highest BCUT2D eigenvalue weighted by molar-refractivity contribution is 5.97. The third-order valence-corrected chi connectivity index (χ3v) is 2.68. The van der Waals surface area contributed by atoms with Gasteiger partial charge in [-0.1, -0.05) is 0 Å². The molecule has 0 aliphatic rings. The standard InChI is InChI=1S/C12H16N2O4/c1-4-13(5-2)12(15)10-7-6-9(14(16)17)8-11(10)18-3/h6-8H,4-5H2,1-3H3. The van der Waals surface area contributed by atoms with Crippen LogP contribution in [-0.2, 0) is 0 Å². The molecule has 6 nitrogen and oxygen atoms in total. The Morgan fingerprint density at radius 3 is 2.44 bits per heavy atom. The van der Waals surface area contributed by atoms with E-state index in [1.807, 2.05) is 13.8 Å². The van der Waals surface area contributed by atoms with Crippen LogP contribution in [0.25, 0.3) is 0 Å². The normalized spacial score (nSPS) is 9.94. The van der Waals surface area contributed by atoms with Gasteiger partial charge in [0.25, 0.3) is 11.6 Å². The first kappa shape index (κ1) is 14.0. The van der Waals surface area contributed by atoms with Crippen molar-refractivity contribution >= 4 is 11.6 Å². The summed E-state index contributed by atoms with van der Waals surface area (Å²) >= 11 is 0. The number of methoxy groups -OCH3 is 1. The fourth-order valence-electron chi connectivity index (χ4n) is 1.65. The van der Waals surface area contributed by atoms with Crippen molar-refractivity contribution in [2.24, 2.45) is 0 Å². The second kappa shape index (κ2) is 6.00. The van der Waals surface area contributed by atoms with Gasteiger partial charge in [0.2, 0.25) is 0 Å². The lowest BCUT2D eigenvalue weighted by molar-refractivity contribution is -0.384. The third-order valence-electron chi connectivity index (χ3n) is 2.68. The summed E-state index contributed by atoms with van der Waals surface area (Å²) in [5.41, 5.74) is 0.245. The summed E-state index contributed by atoms with van der Waals surface area (Å²) in [6.45, 7) is 4.91. The van der Waals surface area contributed by atoms with Crippen LogP contribution < -0.4 is 4.74 Å². The molecule has 1 rings (SSSR count). The molecule has 0 heterocycles. The number of ether oxygens (including phenoxy) is 1. The lowest BCUT2D eigenvalue weighted by Gasteiger charge is -2.19. The molecule has 98 valence electrons. The zero-order valence-electron chi connectivity index (χ0n) is 10.7. The summed E-state index contributed by atoms with van der Waals surface area (Å²) in [4.78, 5) is 23.9. The molecule has 0 atom stereocenters. The predicted octanol–water partition coefficient (Wildman–Crippen LogP) is 2.09. The Labute approximate surface area is 105 Å². The fraction of sp³-hybridized carbons (Fsp3) is 0.417. The molecule has 1 aromatic rings. The summed E-state index contributed by atoms with van der Waals surface area (Å²) in [6.07, 6.45) is 0. The third kappa shape index (κ3) is 2.77. The maximum Gasteiger partial charge on any atom is 0.273 e. The van der Waals surface area contributed by atoms with Crippen molar-refractivity contribution < 1.29 is 14.5 Å². The van der Waals surface area contributed by atoms with Crippen molar-refractivity contribution in [3.63, 3.8) is 0 Å². The van der Waals surface area contributed by atoms with E-state index in [0.29, 0.717) is 18.7 Å². The minimum Gasteiger partial charge on any atom is -0.496 e. The van der Waals surface area contributed by atoms with E-state index in [9.17, 15) is 14.9 Å². The predicted molar refractivity (Wildman–Crippen MR) is 66.9 cm³/mol. The molecule has 18 heavy (non-hydrogen) atoms. The number of hydrogen-bond donors (Lipinski definition) is 0. The van der Waals surface area contributed by atoms with Gasteiger partial charge in [-0.05, 0) is 19.9 Å². The first-order chi connectivity index (χ1) is 8.54. The van der Waals surface area contributed by atoms with Gasteiger partial charge in [0.1, 0.15) is 5.75 Å². The van der Waals surface area contributed by atoms with E-state index in [1.54, 1.807) is 4.90 Å². The first-order valence-corrected chi connectivity index (χ1v) is 5.66. The van der Waals surface area contributed by atoms with Gasteiger partial charge in [-0.2, -0.15) is 0 Å². The maximum atomic E-state index is 12.1. The molecule has 0 N–H and O–H groups in total. The van der Waals surface area contributed by atoms with Crippen molar-refractivity contribution in [1.29, 1.82) is 0 Å². The van der Waals surface area contributed by atoms with Crippen molar-refractivity contribution in [3.05, 3.63) is 33.9 Å². The van der Waals surface area contributed by atoms with Crippen LogP contribution in [0.15, 0.2) is 18.2 Å². The fourth-order valence-corrected chi connectivity index (χ4v) is 1.65. The van der Waals surface area contributed by atoms with E-state index >= 15 is 0 Å². The molecular formula is C12H16N2O4. The number of nitrogens with zero attached hydrogens (tertiary/aromatic N) is 2. The molecule has 0 saturated carbocycles. The number of hydrogen-bond acceptors (Lipinski definition) is 4. The monoisotopic (exact) mass is 252 g/mol. The van der Waals surface area contributed by atoms with Gasteiger partial charge in [0.05, 0.1) is 23.7 Å². The Kier molecular flexibility index (Phi) is 4.65. The molecule has 0 saturated heterocycles. The molecule has 6 heteroatoms. The average molecular weight is 252 g/mol. The number of nitro groups is 1. The largest absolute Gasteiger partial charge is 0.496 e. The highest BCUT2D eigenvalue weighted by Crippen LogP contribution is 2.25. The Balaban J connectivity index is 3.16. The van der Waals surface area contributed by atoms with Crippen LogP contribution in [0.1, 0.15) is 24.2 Å². The van der Waals surface area contributed by atoms with Crippen LogP contribution in [0.3, 0.4) is 0 Å². The molecule has 0 fully saturated rings. The summed E-state index contributed by atoms with van der Waals surface area (Å²) < 4.78 is 5.04. The minimum absolute atomic E-state index is 0.0945. The van der Waals surface area contributed by atoms with Gasteiger partial charge in [-0.25, -0.2) is 0 Å². The Morgan fingerprint density at radius 1 is 1.39 bits per heavy atom. The molecule has 0 aliphatic carbocycles. The molecule has 0 bridgehead atoms. The maximum absolute atomic E-state index is 12.1. The van der Waals surface area contributed by atoms with Crippen LogP contribution in [-0.4, -0.2) is 35.9 Å². The van der Waals surface area contributed by atoms with Crippen molar-refractivity contribution in [3.8, 4) is 5.75 Å². The van der Waals surface area contributed by atoms with E-state index in [2.05, 4.69) is 0 Å². The van der Waals surface area contributed by atoms with Gasteiger partial charge < -0.3 is 9.64 Å². The van der Waals surface area contributed by atoms with Crippen molar-refractivity contribution in [2.45, 2.75) is 13.8 Å². The quantitative estimate of drug-likeness (QED) is 0.594. The number of carbonyl (C=O) groups is 1. The zero-order chi connectivity index (χ0) is 13.7. The van der Waals surface area contributed by atoms with Gasteiger partial charge in [0.15, 0.2) is 0 Å². The van der Waals surface area contributed by atoms with Crippen LogP contribution in [0.5, 0.6) is 5.75 Å². The van der Waals surface area contributed by atoms with Crippen LogP contribution in [0.2, 0.25) is 0 Å². The SMILES string of the molecule is CCN(CC)C(=O)c1ccc([N+](=O)[O-])cc1OC. The number of non-ortho nitro benzene ring substituents is 1. The van der Waals surface area contributed by atoms with E-state index in [1.165, 1.54) is 25.3 Å². The topological polar surface area (TPSA) is 72.7 Å². The van der Waals surface area contributed by atoms with E-state index in [0.717, 1.165) is 0 Å². The van der Waals surface area contributed by atoms with Crippen molar-refractivity contribution in [2.75, 3.05) is 20.2 Å². The number of rotatable bonds is 5. The van der Waals surface area contributed by atoms with Gasteiger partial charge in [0, 0.05) is 19.2 Å². The summed E-state index contributed by atoms with van der Waals surface area (Å²) in [7, 11) is 1.39. The minimum atomic E-state index is -0.520. The highest BCUT2D eigenvalue weighted by atomic mass is 16.6. The first-order valence-electron chi connectivity index (χ1n) is 5.66. The number of carbonyl (C=O) groups excluding carboxylic acids is 1. The van der Waals surface area contributed by atoms with E-state index < -0.39 is 4.92 Å². The molecule has 0 aromatic heterocycles. The summed E-state index contributed by atoms with van der Waals surface area (Å²) in [5.74, 6) is 0.0350. The molecule has 1 aromatic carbocycles. The summed E-state index contributed by atoms with van der Waals surface area (Å²) in [5, 5.41) is 10.7. The van der Waals surface area contributed by atoms with E-state index in [-0.39, 0.29) is 17.3 Å². The highest BCUT2D eigenvalue weighted by Gasteiger charge is 2.19. The van der Waals surface area contributed by atoms with Crippen LogP contribution >= 0.6 is 0 Å². The Bertz CT molecular complexity index is 455. The molecule has 1 amide bonds. The average Bonchev–Trinajstić information content (AvgIpc) is 2.39. The lowest BCUT2D eigenvalue weighted by Crippen LogP contribution is -2.30. The number of nitro benzene ring substituents is 1. The van der Waals surface area contributed by atoms with Crippen molar-refractivity contribution in [1.82, 2.24) is 4.90 Å². The lowest BCUT2D eigenvalue weighted by atomic mass is 10.1. The number of amides is 1. The van der Waals surface area contributed by atoms with Gasteiger partial charge in [-0.3, -0.25) is 14.9 Å². The second-order valence-electron chi connectivity index (χ2n) is 3.62. The Hall–Kier alpha value is -2.11. The molecule has 0 unspecified atom stereocenters. The molecule has 0 aliphatic heterocycles. The van der Waals surface area contributed by atoms with Crippen LogP contribution in [0, 0.1) is 10.1 Å². The van der Waals surface area contributed by atoms with Crippen LogP contribution in [0.4, 0.5) is 5.69 Å². The number of benzene rings is 1. The van der Waals surface area contributed by atoms with Gasteiger partial charge >= 0.3 is 0 Å². The second-order valence-corrected chi connectivity index (χ2v) is 3.62. The summed E-state index contributed by atoms with van der Waals surface area (Å²) in [6, 6.07) is 3.99. The van der Waals surface area contributed by atoms with E-state index in [4.69, 9.17) is 4.74 Å². The van der Waals surface area contributed by atoms with Gasteiger partial charge in [-0.15, -0.1) is 0 Å². The molecule has 0 spiro atoms.